The van der Waals surface area contributed by atoms with Crippen LogP contribution >= 0.6 is 0 Å². The van der Waals surface area contributed by atoms with Crippen molar-refractivity contribution in [2.24, 2.45) is 52.3 Å². The summed E-state index contributed by atoms with van der Waals surface area (Å²) >= 11 is 0. The van der Waals surface area contributed by atoms with Gasteiger partial charge in [0.15, 0.2) is 0 Å². The SMILES string of the molecule is CC(=O)OCC(CCCC(C)[C@H]1CC[C@H]2[C@@H]3[C@H](OC(C)=O)CC4CC(OC(C)=O)CCC4(C)[C@H]3C[C@H](O)C12C)COC(C)=O. The zero-order valence-electron chi connectivity index (χ0n) is 28.0. The number of aliphatic hydroxyl groups is 1. The second kappa shape index (κ2) is 14.1. The summed E-state index contributed by atoms with van der Waals surface area (Å²) in [6.07, 6.45) is 8.03. The average molecular weight is 621 g/mol. The maximum Gasteiger partial charge on any atom is 0.302 e. The van der Waals surface area contributed by atoms with Crippen LogP contribution < -0.4 is 0 Å². The first-order chi connectivity index (χ1) is 20.7. The Labute approximate surface area is 263 Å². The smallest absolute Gasteiger partial charge is 0.302 e. The quantitative estimate of drug-likeness (QED) is 0.231. The highest BCUT2D eigenvalue weighted by Gasteiger charge is 2.66. The van der Waals surface area contributed by atoms with E-state index in [1.165, 1.54) is 27.7 Å². The first-order valence-electron chi connectivity index (χ1n) is 17.0. The van der Waals surface area contributed by atoms with Crippen LogP contribution in [0.5, 0.6) is 0 Å². The van der Waals surface area contributed by atoms with Gasteiger partial charge in [-0.15, -0.1) is 0 Å². The van der Waals surface area contributed by atoms with E-state index < -0.39 is 6.10 Å². The summed E-state index contributed by atoms with van der Waals surface area (Å²) in [5, 5.41) is 12.0. The van der Waals surface area contributed by atoms with E-state index in [2.05, 4.69) is 20.8 Å². The average Bonchev–Trinajstić information content (AvgIpc) is 3.28. The lowest BCUT2D eigenvalue weighted by Gasteiger charge is -2.64. The number of ether oxygens (including phenoxy) is 4. The fourth-order valence-corrected chi connectivity index (χ4v) is 10.4. The van der Waals surface area contributed by atoms with Gasteiger partial charge < -0.3 is 24.1 Å². The molecule has 0 aromatic rings. The molecule has 11 atom stereocenters. The van der Waals surface area contributed by atoms with Gasteiger partial charge in [-0.05, 0) is 91.8 Å². The molecule has 0 saturated heterocycles. The van der Waals surface area contributed by atoms with Gasteiger partial charge in [0.1, 0.15) is 12.2 Å². The van der Waals surface area contributed by atoms with Crippen LogP contribution in [0.15, 0.2) is 0 Å². The molecular weight excluding hydrogens is 564 g/mol. The number of aliphatic hydroxyl groups excluding tert-OH is 1. The van der Waals surface area contributed by atoms with Gasteiger partial charge in [-0.3, -0.25) is 19.2 Å². The van der Waals surface area contributed by atoms with Crippen LogP contribution in [-0.4, -0.2) is 60.5 Å². The monoisotopic (exact) mass is 620 g/mol. The minimum atomic E-state index is -0.441. The predicted octanol–water partition coefficient (Wildman–Crippen LogP) is 5.64. The molecule has 0 aromatic heterocycles. The Morgan fingerprint density at radius 1 is 0.795 bits per heavy atom. The Morgan fingerprint density at radius 2 is 1.43 bits per heavy atom. The van der Waals surface area contributed by atoms with E-state index in [0.29, 0.717) is 18.3 Å². The van der Waals surface area contributed by atoms with E-state index in [9.17, 15) is 24.3 Å². The highest BCUT2D eigenvalue weighted by Crippen LogP contribution is 2.69. The van der Waals surface area contributed by atoms with Gasteiger partial charge >= 0.3 is 23.9 Å². The molecule has 250 valence electrons. The van der Waals surface area contributed by atoms with Gasteiger partial charge in [0.05, 0.1) is 19.3 Å². The topological polar surface area (TPSA) is 125 Å². The standard InChI is InChI=1S/C35H56O9/c1-20(9-8-10-25(18-41-21(2)36)19-42-22(3)37)28-11-12-29-33-30(17-32(40)35(28,29)7)34(6)14-13-27(43-23(4)38)15-26(34)16-31(33)44-24(5)39/h20,25-33,40H,8-19H2,1-7H3/t20?,26?,27?,28-,29+,30+,31-,32+,33+,34?,35?/m1/s1. The normalized spacial score (nSPS) is 38.5. The lowest BCUT2D eigenvalue weighted by atomic mass is 9.43. The number of esters is 4. The molecule has 5 unspecified atom stereocenters. The van der Waals surface area contributed by atoms with Gasteiger partial charge in [-0.1, -0.05) is 33.6 Å². The maximum absolute atomic E-state index is 12.4. The summed E-state index contributed by atoms with van der Waals surface area (Å²) in [7, 11) is 0. The van der Waals surface area contributed by atoms with E-state index in [0.717, 1.165) is 57.8 Å². The summed E-state index contributed by atoms with van der Waals surface area (Å²) in [6, 6.07) is 0. The molecule has 4 rings (SSSR count). The zero-order chi connectivity index (χ0) is 32.4. The van der Waals surface area contributed by atoms with Crippen molar-refractivity contribution in [2.75, 3.05) is 13.2 Å². The third kappa shape index (κ3) is 7.28. The molecule has 4 saturated carbocycles. The van der Waals surface area contributed by atoms with Crippen LogP contribution in [0.25, 0.3) is 0 Å². The van der Waals surface area contributed by atoms with Gasteiger partial charge in [0.25, 0.3) is 0 Å². The molecule has 0 heterocycles. The number of carbonyl (C=O) groups is 4. The Kier molecular flexibility index (Phi) is 11.1. The van der Waals surface area contributed by atoms with Crippen molar-refractivity contribution < 1.29 is 43.2 Å². The molecule has 0 bridgehead atoms. The van der Waals surface area contributed by atoms with Crippen molar-refractivity contribution in [3.63, 3.8) is 0 Å². The Balaban J connectivity index is 1.48. The molecule has 9 heteroatoms. The highest BCUT2D eigenvalue weighted by atomic mass is 16.6. The van der Waals surface area contributed by atoms with Crippen molar-refractivity contribution in [2.45, 2.75) is 131 Å². The number of rotatable bonds is 11. The molecule has 0 radical (unpaired) electrons. The molecule has 4 aliphatic rings. The van der Waals surface area contributed by atoms with E-state index in [-0.39, 0.29) is 89.7 Å². The van der Waals surface area contributed by atoms with Crippen LogP contribution in [-0.2, 0) is 38.1 Å². The highest BCUT2D eigenvalue weighted by molar-refractivity contribution is 5.67. The molecule has 0 aliphatic heterocycles. The Bertz CT molecular complexity index is 1040. The largest absolute Gasteiger partial charge is 0.465 e. The first-order valence-corrected chi connectivity index (χ1v) is 17.0. The number of carbonyl (C=O) groups excluding carboxylic acids is 4. The fraction of sp³-hybridized carbons (Fsp3) is 0.886. The third-order valence-corrected chi connectivity index (χ3v) is 12.4. The Morgan fingerprint density at radius 3 is 2.02 bits per heavy atom. The first kappa shape index (κ1) is 34.7. The van der Waals surface area contributed by atoms with E-state index >= 15 is 0 Å². The minimum absolute atomic E-state index is 0.00285. The van der Waals surface area contributed by atoms with Gasteiger partial charge in [-0.2, -0.15) is 0 Å². The lowest BCUT2D eigenvalue weighted by Crippen LogP contribution is -2.63. The zero-order valence-corrected chi connectivity index (χ0v) is 28.0. The molecule has 9 nitrogen and oxygen atoms in total. The fourth-order valence-electron chi connectivity index (χ4n) is 10.4. The number of fused-ring (bicyclic) bond motifs is 5. The Hall–Kier alpha value is -2.16. The molecule has 0 aromatic carbocycles. The molecule has 0 spiro atoms. The third-order valence-electron chi connectivity index (χ3n) is 12.4. The molecule has 44 heavy (non-hydrogen) atoms. The van der Waals surface area contributed by atoms with Gasteiger partial charge in [0, 0.05) is 39.5 Å². The van der Waals surface area contributed by atoms with Crippen LogP contribution in [0.4, 0.5) is 0 Å². The molecular formula is C35H56O9. The second-order valence-corrected chi connectivity index (χ2v) is 15.1. The predicted molar refractivity (Wildman–Crippen MR) is 163 cm³/mol. The van der Waals surface area contributed by atoms with Crippen molar-refractivity contribution in [3.05, 3.63) is 0 Å². The van der Waals surface area contributed by atoms with E-state index in [1.54, 1.807) is 0 Å². The van der Waals surface area contributed by atoms with E-state index in [1.807, 2.05) is 0 Å². The van der Waals surface area contributed by atoms with Crippen LogP contribution in [0.3, 0.4) is 0 Å². The molecule has 0 amide bonds. The van der Waals surface area contributed by atoms with Gasteiger partial charge in [0.2, 0.25) is 0 Å². The summed E-state index contributed by atoms with van der Waals surface area (Å²) in [5.74, 6) is 0.469. The maximum atomic E-state index is 12.4. The van der Waals surface area contributed by atoms with Crippen molar-refractivity contribution in [3.8, 4) is 0 Å². The van der Waals surface area contributed by atoms with E-state index in [4.69, 9.17) is 18.9 Å². The van der Waals surface area contributed by atoms with Crippen molar-refractivity contribution in [1.82, 2.24) is 0 Å². The molecule has 4 fully saturated rings. The minimum Gasteiger partial charge on any atom is -0.465 e. The molecule has 1 N–H and O–H groups in total. The summed E-state index contributed by atoms with van der Waals surface area (Å²) in [6.45, 7) is 13.2. The summed E-state index contributed by atoms with van der Waals surface area (Å²) < 4.78 is 22.2. The van der Waals surface area contributed by atoms with Crippen LogP contribution in [0.2, 0.25) is 0 Å². The lowest BCUT2D eigenvalue weighted by molar-refractivity contribution is -0.218. The summed E-state index contributed by atoms with van der Waals surface area (Å²) in [5.41, 5.74) is -0.269. The second-order valence-electron chi connectivity index (χ2n) is 15.1. The van der Waals surface area contributed by atoms with Crippen LogP contribution in [0.1, 0.15) is 113 Å². The summed E-state index contributed by atoms with van der Waals surface area (Å²) in [4.78, 5) is 46.9. The number of hydrogen-bond donors (Lipinski definition) is 1. The number of hydrogen-bond acceptors (Lipinski definition) is 9. The van der Waals surface area contributed by atoms with Crippen molar-refractivity contribution >= 4 is 23.9 Å². The van der Waals surface area contributed by atoms with Gasteiger partial charge in [-0.25, -0.2) is 0 Å². The van der Waals surface area contributed by atoms with Crippen LogP contribution in [0, 0.1) is 52.3 Å². The van der Waals surface area contributed by atoms with Crippen molar-refractivity contribution in [1.29, 1.82) is 0 Å². The molecule has 4 aliphatic carbocycles.